The van der Waals surface area contributed by atoms with E-state index in [1.807, 2.05) is 13.0 Å². The summed E-state index contributed by atoms with van der Waals surface area (Å²) in [6.07, 6.45) is 3.67. The first-order valence-electron chi connectivity index (χ1n) is 5.09. The summed E-state index contributed by atoms with van der Waals surface area (Å²) in [5.74, 6) is 0.923. The standard InChI is InChI=1S/C12H15NOS/c1-9-6-7-14-12(9)11(13)5-4-10-3-2-8-15-10/h2-3,6-8,11H,4-5,13H2,1H3. The lowest BCUT2D eigenvalue weighted by Gasteiger charge is -2.08. The Kier molecular flexibility index (Phi) is 3.23. The Morgan fingerprint density at radius 1 is 1.47 bits per heavy atom. The number of nitrogens with two attached hydrogens (primary N) is 1. The van der Waals surface area contributed by atoms with Crippen LogP contribution in [-0.4, -0.2) is 0 Å². The third kappa shape index (κ3) is 2.49. The fraction of sp³-hybridized carbons (Fsp3) is 0.333. The van der Waals surface area contributed by atoms with Gasteiger partial charge in [0, 0.05) is 4.88 Å². The summed E-state index contributed by atoms with van der Waals surface area (Å²) in [6.45, 7) is 2.03. The van der Waals surface area contributed by atoms with E-state index in [4.69, 9.17) is 10.2 Å². The van der Waals surface area contributed by atoms with Gasteiger partial charge < -0.3 is 10.2 Å². The number of furan rings is 1. The molecule has 2 N–H and O–H groups in total. The number of thiophene rings is 1. The number of hydrogen-bond donors (Lipinski definition) is 1. The molecular formula is C12H15NOS. The van der Waals surface area contributed by atoms with E-state index >= 15 is 0 Å². The van der Waals surface area contributed by atoms with Crippen molar-refractivity contribution in [3.8, 4) is 0 Å². The van der Waals surface area contributed by atoms with Gasteiger partial charge in [0.1, 0.15) is 5.76 Å². The van der Waals surface area contributed by atoms with Crippen LogP contribution in [0.5, 0.6) is 0 Å². The minimum Gasteiger partial charge on any atom is -0.467 e. The highest BCUT2D eigenvalue weighted by molar-refractivity contribution is 7.09. The van der Waals surface area contributed by atoms with E-state index in [0.717, 1.165) is 24.2 Å². The van der Waals surface area contributed by atoms with Gasteiger partial charge in [-0.1, -0.05) is 6.07 Å². The van der Waals surface area contributed by atoms with Crippen LogP contribution < -0.4 is 5.73 Å². The molecule has 0 saturated carbocycles. The van der Waals surface area contributed by atoms with Crippen molar-refractivity contribution in [2.24, 2.45) is 5.73 Å². The molecule has 0 saturated heterocycles. The molecule has 3 heteroatoms. The molecule has 1 unspecified atom stereocenters. The fourth-order valence-electron chi connectivity index (χ4n) is 1.65. The largest absolute Gasteiger partial charge is 0.467 e. The second kappa shape index (κ2) is 4.64. The van der Waals surface area contributed by atoms with Gasteiger partial charge in [-0.15, -0.1) is 11.3 Å². The summed E-state index contributed by atoms with van der Waals surface area (Å²) in [6, 6.07) is 6.19. The molecule has 80 valence electrons. The van der Waals surface area contributed by atoms with Crippen molar-refractivity contribution in [3.63, 3.8) is 0 Å². The lowest BCUT2D eigenvalue weighted by atomic mass is 10.1. The maximum absolute atomic E-state index is 6.07. The quantitative estimate of drug-likeness (QED) is 0.860. The third-order valence-corrected chi connectivity index (χ3v) is 3.46. The summed E-state index contributed by atoms with van der Waals surface area (Å²) in [5.41, 5.74) is 7.21. The Hall–Kier alpha value is -1.06. The number of hydrogen-bond acceptors (Lipinski definition) is 3. The smallest absolute Gasteiger partial charge is 0.123 e. The average Bonchev–Trinajstić information content (AvgIpc) is 2.84. The molecule has 0 radical (unpaired) electrons. The Labute approximate surface area is 93.7 Å². The Balaban J connectivity index is 1.93. The van der Waals surface area contributed by atoms with E-state index in [9.17, 15) is 0 Å². The summed E-state index contributed by atoms with van der Waals surface area (Å²) in [5, 5.41) is 2.10. The Bertz CT molecular complexity index is 405. The molecule has 15 heavy (non-hydrogen) atoms. The van der Waals surface area contributed by atoms with Crippen molar-refractivity contribution in [1.82, 2.24) is 0 Å². The van der Waals surface area contributed by atoms with E-state index < -0.39 is 0 Å². The van der Waals surface area contributed by atoms with E-state index in [-0.39, 0.29) is 6.04 Å². The van der Waals surface area contributed by atoms with Gasteiger partial charge >= 0.3 is 0 Å². The molecule has 0 aliphatic heterocycles. The van der Waals surface area contributed by atoms with Crippen LogP contribution in [0.1, 0.15) is 28.7 Å². The molecular weight excluding hydrogens is 206 g/mol. The molecule has 0 aliphatic carbocycles. The van der Waals surface area contributed by atoms with Crippen LogP contribution in [0.4, 0.5) is 0 Å². The average molecular weight is 221 g/mol. The molecule has 0 aromatic carbocycles. The van der Waals surface area contributed by atoms with Crippen LogP contribution in [0.15, 0.2) is 34.3 Å². The van der Waals surface area contributed by atoms with Gasteiger partial charge in [0.2, 0.25) is 0 Å². The third-order valence-electron chi connectivity index (χ3n) is 2.52. The second-order valence-corrected chi connectivity index (χ2v) is 4.72. The van der Waals surface area contributed by atoms with E-state index in [2.05, 4.69) is 17.5 Å². The minimum atomic E-state index is 0.0158. The zero-order chi connectivity index (χ0) is 10.7. The van der Waals surface area contributed by atoms with Crippen molar-refractivity contribution in [3.05, 3.63) is 46.0 Å². The summed E-state index contributed by atoms with van der Waals surface area (Å²) in [7, 11) is 0. The summed E-state index contributed by atoms with van der Waals surface area (Å²) < 4.78 is 5.37. The molecule has 0 bridgehead atoms. The number of aryl methyl sites for hydroxylation is 2. The monoisotopic (exact) mass is 221 g/mol. The van der Waals surface area contributed by atoms with Crippen LogP contribution in [0, 0.1) is 6.92 Å². The minimum absolute atomic E-state index is 0.0158. The predicted octanol–water partition coefficient (Wildman–Crippen LogP) is 3.28. The zero-order valence-corrected chi connectivity index (χ0v) is 9.59. The lowest BCUT2D eigenvalue weighted by molar-refractivity contribution is 0.450. The fourth-order valence-corrected chi connectivity index (χ4v) is 2.37. The van der Waals surface area contributed by atoms with Crippen LogP contribution in [0.25, 0.3) is 0 Å². The van der Waals surface area contributed by atoms with Gasteiger partial charge in [-0.05, 0) is 42.8 Å². The normalized spacial score (nSPS) is 12.9. The molecule has 0 amide bonds. The molecule has 2 nitrogen and oxygen atoms in total. The van der Waals surface area contributed by atoms with E-state index in [1.165, 1.54) is 4.88 Å². The highest BCUT2D eigenvalue weighted by Crippen LogP contribution is 2.22. The first kappa shape index (κ1) is 10.5. The maximum Gasteiger partial charge on any atom is 0.123 e. The lowest BCUT2D eigenvalue weighted by Crippen LogP contribution is -2.11. The van der Waals surface area contributed by atoms with Crippen molar-refractivity contribution in [2.45, 2.75) is 25.8 Å². The zero-order valence-electron chi connectivity index (χ0n) is 8.77. The van der Waals surface area contributed by atoms with Gasteiger partial charge in [-0.25, -0.2) is 0 Å². The molecule has 2 rings (SSSR count). The van der Waals surface area contributed by atoms with Crippen LogP contribution in [0.3, 0.4) is 0 Å². The number of rotatable bonds is 4. The summed E-state index contributed by atoms with van der Waals surface area (Å²) >= 11 is 1.78. The van der Waals surface area contributed by atoms with Crippen molar-refractivity contribution in [1.29, 1.82) is 0 Å². The molecule has 0 fully saturated rings. The van der Waals surface area contributed by atoms with Crippen molar-refractivity contribution in [2.75, 3.05) is 0 Å². The van der Waals surface area contributed by atoms with Gasteiger partial charge in [-0.3, -0.25) is 0 Å². The van der Waals surface area contributed by atoms with Crippen molar-refractivity contribution < 1.29 is 4.42 Å². The molecule has 0 aliphatic rings. The highest BCUT2D eigenvalue weighted by Gasteiger charge is 2.12. The summed E-state index contributed by atoms with van der Waals surface area (Å²) in [4.78, 5) is 1.38. The van der Waals surface area contributed by atoms with E-state index in [1.54, 1.807) is 17.6 Å². The predicted molar refractivity (Wildman–Crippen MR) is 63.0 cm³/mol. The van der Waals surface area contributed by atoms with Crippen LogP contribution in [0.2, 0.25) is 0 Å². The Morgan fingerprint density at radius 2 is 2.33 bits per heavy atom. The second-order valence-electron chi connectivity index (χ2n) is 3.69. The van der Waals surface area contributed by atoms with Gasteiger partial charge in [-0.2, -0.15) is 0 Å². The first-order chi connectivity index (χ1) is 7.27. The molecule has 2 heterocycles. The van der Waals surface area contributed by atoms with Gasteiger partial charge in [0.15, 0.2) is 0 Å². The van der Waals surface area contributed by atoms with Gasteiger partial charge in [0.05, 0.1) is 12.3 Å². The molecule has 2 aromatic heterocycles. The van der Waals surface area contributed by atoms with Crippen LogP contribution in [-0.2, 0) is 6.42 Å². The van der Waals surface area contributed by atoms with Crippen LogP contribution >= 0.6 is 11.3 Å². The van der Waals surface area contributed by atoms with Gasteiger partial charge in [0.25, 0.3) is 0 Å². The first-order valence-corrected chi connectivity index (χ1v) is 5.97. The molecule has 1 atom stereocenters. The Morgan fingerprint density at radius 3 is 2.93 bits per heavy atom. The molecule has 2 aromatic rings. The molecule has 0 spiro atoms. The SMILES string of the molecule is Cc1ccoc1C(N)CCc1cccs1. The topological polar surface area (TPSA) is 39.2 Å². The highest BCUT2D eigenvalue weighted by atomic mass is 32.1. The van der Waals surface area contributed by atoms with Crippen molar-refractivity contribution >= 4 is 11.3 Å². The maximum atomic E-state index is 6.07. The van der Waals surface area contributed by atoms with E-state index in [0.29, 0.717) is 0 Å².